The molecule has 1 heterocycles. The molecule has 5 aliphatic rings. The molecule has 0 amide bonds. The predicted molar refractivity (Wildman–Crippen MR) is 95.9 cm³/mol. The van der Waals surface area contributed by atoms with Gasteiger partial charge in [0.2, 0.25) is 0 Å². The normalized spacial score (nSPS) is 54.7. The Morgan fingerprint density at radius 1 is 1.24 bits per heavy atom. The van der Waals surface area contributed by atoms with Gasteiger partial charge in [0.25, 0.3) is 0 Å². The minimum absolute atomic E-state index is 0.179. The van der Waals surface area contributed by atoms with Crippen molar-refractivity contribution in [2.45, 2.75) is 71.5 Å². The highest BCUT2D eigenvalue weighted by Gasteiger charge is 2.69. The van der Waals surface area contributed by atoms with Crippen LogP contribution in [0.25, 0.3) is 0 Å². The molecule has 0 aromatic carbocycles. The summed E-state index contributed by atoms with van der Waals surface area (Å²) in [5.41, 5.74) is 1.87. The second-order valence-electron chi connectivity index (χ2n) is 10.2. The molecule has 0 aromatic rings. The summed E-state index contributed by atoms with van der Waals surface area (Å²) in [5.74, 6) is 3.43. The molecule has 1 aliphatic heterocycles. The zero-order valence-corrected chi connectivity index (χ0v) is 15.8. The van der Waals surface area contributed by atoms with E-state index in [1.807, 2.05) is 6.08 Å². The van der Waals surface area contributed by atoms with E-state index in [9.17, 15) is 9.90 Å². The zero-order chi connectivity index (χ0) is 17.6. The van der Waals surface area contributed by atoms with Gasteiger partial charge in [0.05, 0.1) is 6.10 Å². The van der Waals surface area contributed by atoms with Crippen LogP contribution >= 0.6 is 0 Å². The molecular formula is C22H32O3. The van der Waals surface area contributed by atoms with Crippen molar-refractivity contribution in [3.8, 4) is 0 Å². The highest BCUT2D eigenvalue weighted by atomic mass is 16.6. The van der Waals surface area contributed by atoms with Gasteiger partial charge in [-0.2, -0.15) is 0 Å². The number of carbonyl (C=O) groups is 1. The fourth-order valence-electron chi connectivity index (χ4n) is 7.91. The third kappa shape index (κ3) is 2.03. The van der Waals surface area contributed by atoms with Crippen LogP contribution in [0, 0.1) is 40.4 Å². The fourth-order valence-corrected chi connectivity index (χ4v) is 7.91. The van der Waals surface area contributed by atoms with Crippen molar-refractivity contribution in [3.05, 3.63) is 11.6 Å². The lowest BCUT2D eigenvalue weighted by atomic mass is 9.46. The van der Waals surface area contributed by atoms with Crippen LogP contribution in [0.3, 0.4) is 0 Å². The Morgan fingerprint density at radius 2 is 2.04 bits per heavy atom. The third-order valence-corrected chi connectivity index (χ3v) is 9.28. The molecule has 0 bridgehead atoms. The first kappa shape index (κ1) is 16.5. The number of rotatable bonds is 2. The largest absolute Gasteiger partial charge is 0.396 e. The maximum atomic E-state index is 12.0. The second-order valence-corrected chi connectivity index (χ2v) is 10.2. The average molecular weight is 344 g/mol. The summed E-state index contributed by atoms with van der Waals surface area (Å²) in [6, 6.07) is 0. The SMILES string of the molecule is C[C@H](CO)[C@H]1CCC2C3C(CC[C@@]21C)[C@@]1(C)CCC(=O)C=C1[C@H]1O[C@@H]31. The minimum Gasteiger partial charge on any atom is -0.396 e. The Hall–Kier alpha value is -0.670. The number of hydrogen-bond acceptors (Lipinski definition) is 3. The first-order valence-electron chi connectivity index (χ1n) is 10.4. The van der Waals surface area contributed by atoms with Gasteiger partial charge in [-0.1, -0.05) is 20.8 Å². The second kappa shape index (κ2) is 5.19. The van der Waals surface area contributed by atoms with Gasteiger partial charge in [0, 0.05) is 13.0 Å². The van der Waals surface area contributed by atoms with E-state index >= 15 is 0 Å². The minimum atomic E-state index is 0.179. The first-order valence-corrected chi connectivity index (χ1v) is 10.4. The maximum Gasteiger partial charge on any atom is 0.155 e. The number of fused-ring (bicyclic) bond motifs is 8. The molecule has 3 saturated carbocycles. The number of aliphatic hydroxyl groups excluding tert-OH is 1. The molecule has 3 unspecified atom stereocenters. The third-order valence-electron chi connectivity index (χ3n) is 9.28. The number of epoxide rings is 1. The summed E-state index contributed by atoms with van der Waals surface area (Å²) in [6.45, 7) is 7.48. The van der Waals surface area contributed by atoms with Crippen LogP contribution in [-0.4, -0.2) is 29.7 Å². The van der Waals surface area contributed by atoms with Crippen molar-refractivity contribution in [1.82, 2.24) is 0 Å². The molecule has 25 heavy (non-hydrogen) atoms. The molecule has 9 atom stereocenters. The van der Waals surface area contributed by atoms with Gasteiger partial charge < -0.3 is 9.84 Å². The summed E-state index contributed by atoms with van der Waals surface area (Å²) >= 11 is 0. The van der Waals surface area contributed by atoms with Gasteiger partial charge in [0.1, 0.15) is 6.10 Å². The van der Waals surface area contributed by atoms with E-state index in [-0.39, 0.29) is 11.5 Å². The van der Waals surface area contributed by atoms with Gasteiger partial charge in [-0.25, -0.2) is 0 Å². The molecule has 0 spiro atoms. The molecule has 138 valence electrons. The van der Waals surface area contributed by atoms with Crippen LogP contribution in [0.5, 0.6) is 0 Å². The molecule has 1 N–H and O–H groups in total. The van der Waals surface area contributed by atoms with Crippen molar-refractivity contribution >= 4 is 5.78 Å². The molecule has 5 rings (SSSR count). The standard InChI is InChI=1S/C22H32O3/c1-12(11-23)14-4-5-15-18-16(7-9-21(14,15)2)22(3)8-6-13(24)10-17(22)19-20(18)25-19/h10,12,14-16,18-20,23H,4-9,11H2,1-3H3/t12-,14-,15?,16?,18?,19-,20+,21-,22-/m1/s1. The molecule has 4 aliphatic carbocycles. The lowest BCUT2D eigenvalue weighted by molar-refractivity contribution is -0.117. The Morgan fingerprint density at radius 3 is 2.80 bits per heavy atom. The van der Waals surface area contributed by atoms with E-state index in [1.165, 1.54) is 31.3 Å². The maximum absolute atomic E-state index is 12.0. The Bertz CT molecular complexity index is 639. The van der Waals surface area contributed by atoms with Crippen LogP contribution in [0.15, 0.2) is 11.6 Å². The van der Waals surface area contributed by atoms with Gasteiger partial charge in [-0.15, -0.1) is 0 Å². The fraction of sp³-hybridized carbons (Fsp3) is 0.864. The highest BCUT2D eigenvalue weighted by Crippen LogP contribution is 2.70. The predicted octanol–water partition coefficient (Wildman–Crippen LogP) is 3.75. The van der Waals surface area contributed by atoms with Crippen molar-refractivity contribution < 1.29 is 14.6 Å². The van der Waals surface area contributed by atoms with E-state index in [4.69, 9.17) is 4.74 Å². The van der Waals surface area contributed by atoms with Crippen molar-refractivity contribution in [2.24, 2.45) is 40.4 Å². The lowest BCUT2D eigenvalue weighted by Gasteiger charge is -2.57. The Kier molecular flexibility index (Phi) is 3.43. The van der Waals surface area contributed by atoms with Crippen molar-refractivity contribution in [1.29, 1.82) is 0 Å². The van der Waals surface area contributed by atoms with E-state index in [0.29, 0.717) is 54.0 Å². The number of aliphatic hydroxyl groups is 1. The number of carbonyl (C=O) groups excluding carboxylic acids is 1. The van der Waals surface area contributed by atoms with Crippen LogP contribution < -0.4 is 0 Å². The summed E-state index contributed by atoms with van der Waals surface area (Å²) in [7, 11) is 0. The molecule has 3 heteroatoms. The van der Waals surface area contributed by atoms with Gasteiger partial charge in [-0.05, 0) is 84.2 Å². The van der Waals surface area contributed by atoms with Gasteiger partial charge in [0.15, 0.2) is 5.78 Å². The number of ether oxygens (including phenoxy) is 1. The Balaban J connectivity index is 1.51. The summed E-state index contributed by atoms with van der Waals surface area (Å²) in [4.78, 5) is 12.0. The molecule has 4 fully saturated rings. The average Bonchev–Trinajstić information content (AvgIpc) is 3.30. The molecule has 3 nitrogen and oxygen atoms in total. The molecule has 0 aromatic heterocycles. The highest BCUT2D eigenvalue weighted by molar-refractivity contribution is 5.92. The van der Waals surface area contributed by atoms with Crippen LogP contribution in [0.4, 0.5) is 0 Å². The molecule has 1 saturated heterocycles. The van der Waals surface area contributed by atoms with Crippen molar-refractivity contribution in [2.75, 3.05) is 6.61 Å². The van der Waals surface area contributed by atoms with E-state index < -0.39 is 0 Å². The Labute approximate surface area is 151 Å². The lowest BCUT2D eigenvalue weighted by Crippen LogP contribution is -2.53. The zero-order valence-electron chi connectivity index (χ0n) is 15.8. The smallest absolute Gasteiger partial charge is 0.155 e. The van der Waals surface area contributed by atoms with E-state index in [2.05, 4.69) is 20.8 Å². The monoisotopic (exact) mass is 344 g/mol. The van der Waals surface area contributed by atoms with Gasteiger partial charge in [-0.3, -0.25) is 4.79 Å². The van der Waals surface area contributed by atoms with Crippen molar-refractivity contribution in [3.63, 3.8) is 0 Å². The topological polar surface area (TPSA) is 49.8 Å². The summed E-state index contributed by atoms with van der Waals surface area (Å²) < 4.78 is 6.24. The first-order chi connectivity index (χ1) is 11.9. The molecular weight excluding hydrogens is 312 g/mol. The summed E-state index contributed by atoms with van der Waals surface area (Å²) in [6.07, 6.45) is 9.38. The van der Waals surface area contributed by atoms with Crippen LogP contribution in [-0.2, 0) is 9.53 Å². The molecule has 0 radical (unpaired) electrons. The number of hydrogen-bond donors (Lipinski definition) is 1. The number of ketones is 1. The van der Waals surface area contributed by atoms with Crippen LogP contribution in [0.2, 0.25) is 0 Å². The van der Waals surface area contributed by atoms with Gasteiger partial charge >= 0.3 is 0 Å². The van der Waals surface area contributed by atoms with E-state index in [0.717, 1.165) is 12.3 Å². The summed E-state index contributed by atoms with van der Waals surface area (Å²) in [5, 5.41) is 9.75. The van der Waals surface area contributed by atoms with E-state index in [1.54, 1.807) is 0 Å². The quantitative estimate of drug-likeness (QED) is 0.776. The van der Waals surface area contributed by atoms with Crippen LogP contribution in [0.1, 0.15) is 59.3 Å².